The van der Waals surface area contributed by atoms with Gasteiger partial charge in [0.15, 0.2) is 0 Å². The fourth-order valence-corrected chi connectivity index (χ4v) is 2.04. The highest BCUT2D eigenvalue weighted by Crippen LogP contribution is 2.23. The van der Waals surface area contributed by atoms with Crippen molar-refractivity contribution in [2.24, 2.45) is 5.16 Å². The Morgan fingerprint density at radius 1 is 1.11 bits per heavy atom. The lowest BCUT2D eigenvalue weighted by Gasteiger charge is -2.17. The Hall–Kier alpha value is -1.84. The van der Waals surface area contributed by atoms with E-state index < -0.39 is 6.10 Å². The van der Waals surface area contributed by atoms with Crippen molar-refractivity contribution in [2.45, 2.75) is 6.10 Å². The third-order valence-electron chi connectivity index (χ3n) is 2.83. The maximum Gasteiger partial charge on any atom is 0.128 e. The van der Waals surface area contributed by atoms with E-state index in [9.17, 15) is 5.21 Å². The second-order valence-electron chi connectivity index (χ2n) is 4.02. The fraction of sp³-hybridized carbons (Fsp3) is 0.133. The fourth-order valence-electron chi connectivity index (χ4n) is 1.92. The van der Waals surface area contributed by atoms with E-state index in [0.717, 1.165) is 11.1 Å². The summed E-state index contributed by atoms with van der Waals surface area (Å²) in [6.45, 7) is 0. The quantitative estimate of drug-likeness (QED) is 0.522. The summed E-state index contributed by atoms with van der Waals surface area (Å²) in [6.07, 6.45) is -0.424. The molecule has 4 heteroatoms. The highest BCUT2D eigenvalue weighted by atomic mass is 35.5. The molecule has 1 N–H and O–H groups in total. The summed E-state index contributed by atoms with van der Waals surface area (Å²) >= 11 is 5.86. The van der Waals surface area contributed by atoms with E-state index in [1.165, 1.54) is 0 Å². The van der Waals surface area contributed by atoms with Crippen LogP contribution in [-0.2, 0) is 4.74 Å². The van der Waals surface area contributed by atoms with Gasteiger partial charge in [-0.15, -0.1) is 0 Å². The van der Waals surface area contributed by atoms with Crippen molar-refractivity contribution in [3.8, 4) is 0 Å². The van der Waals surface area contributed by atoms with Crippen molar-refractivity contribution in [2.75, 3.05) is 7.11 Å². The first-order valence-electron chi connectivity index (χ1n) is 5.82. The first-order chi connectivity index (χ1) is 9.26. The Balaban J connectivity index is 2.38. The molecule has 0 aliphatic rings. The molecule has 0 aliphatic carbocycles. The minimum atomic E-state index is -0.424. The summed E-state index contributed by atoms with van der Waals surface area (Å²) < 4.78 is 5.45. The number of benzene rings is 2. The Morgan fingerprint density at radius 2 is 1.74 bits per heavy atom. The van der Waals surface area contributed by atoms with Gasteiger partial charge in [-0.2, -0.15) is 0 Å². The highest BCUT2D eigenvalue weighted by molar-refractivity contribution is 6.30. The van der Waals surface area contributed by atoms with Crippen LogP contribution in [-0.4, -0.2) is 18.0 Å². The number of hydrogen-bond acceptors (Lipinski definition) is 3. The van der Waals surface area contributed by atoms with Crippen LogP contribution in [0.3, 0.4) is 0 Å². The first-order valence-corrected chi connectivity index (χ1v) is 6.19. The zero-order valence-electron chi connectivity index (χ0n) is 10.5. The minimum Gasteiger partial charge on any atom is -0.411 e. The SMILES string of the molecule is COC(/C(=N\O)c1ccc(Cl)cc1)c1ccccc1. The van der Waals surface area contributed by atoms with Gasteiger partial charge in [-0.3, -0.25) is 0 Å². The number of nitrogens with zero attached hydrogens (tertiary/aromatic N) is 1. The van der Waals surface area contributed by atoms with Crippen LogP contribution in [0.4, 0.5) is 0 Å². The molecule has 0 saturated heterocycles. The van der Waals surface area contributed by atoms with Crippen molar-refractivity contribution in [1.82, 2.24) is 0 Å². The zero-order chi connectivity index (χ0) is 13.7. The van der Waals surface area contributed by atoms with Crippen LogP contribution < -0.4 is 0 Å². The molecule has 1 unspecified atom stereocenters. The summed E-state index contributed by atoms with van der Waals surface area (Å²) in [7, 11) is 1.58. The standard InChI is InChI=1S/C15H14ClNO2/c1-19-15(12-5-3-2-4-6-12)14(17-18)11-7-9-13(16)10-8-11/h2-10,15,18H,1H3/b17-14-. The van der Waals surface area contributed by atoms with Gasteiger partial charge in [0.1, 0.15) is 11.8 Å². The first kappa shape index (κ1) is 13.6. The van der Waals surface area contributed by atoms with Gasteiger partial charge in [-0.05, 0) is 17.7 Å². The normalized spacial score (nSPS) is 13.3. The molecule has 2 rings (SSSR count). The predicted octanol–water partition coefficient (Wildman–Crippen LogP) is 3.91. The molecular weight excluding hydrogens is 262 g/mol. The van der Waals surface area contributed by atoms with Crippen LogP contribution in [0.5, 0.6) is 0 Å². The van der Waals surface area contributed by atoms with Crippen LogP contribution in [0.1, 0.15) is 17.2 Å². The van der Waals surface area contributed by atoms with E-state index in [-0.39, 0.29) is 0 Å². The second kappa shape index (κ2) is 6.36. The molecule has 0 fully saturated rings. The Labute approximate surface area is 117 Å². The lowest BCUT2D eigenvalue weighted by molar-refractivity contribution is 0.154. The van der Waals surface area contributed by atoms with Crippen LogP contribution in [0.25, 0.3) is 0 Å². The Kier molecular flexibility index (Phi) is 4.55. The van der Waals surface area contributed by atoms with E-state index in [4.69, 9.17) is 16.3 Å². The van der Waals surface area contributed by atoms with Crippen LogP contribution >= 0.6 is 11.6 Å². The maximum absolute atomic E-state index is 9.29. The molecule has 0 aliphatic heterocycles. The average molecular weight is 276 g/mol. The van der Waals surface area contributed by atoms with Crippen molar-refractivity contribution < 1.29 is 9.94 Å². The van der Waals surface area contributed by atoms with Gasteiger partial charge in [0.25, 0.3) is 0 Å². The van der Waals surface area contributed by atoms with Gasteiger partial charge in [0.2, 0.25) is 0 Å². The third-order valence-corrected chi connectivity index (χ3v) is 3.09. The van der Waals surface area contributed by atoms with Crippen molar-refractivity contribution in [1.29, 1.82) is 0 Å². The van der Waals surface area contributed by atoms with E-state index in [1.807, 2.05) is 30.3 Å². The summed E-state index contributed by atoms with van der Waals surface area (Å²) in [5.74, 6) is 0. The summed E-state index contributed by atoms with van der Waals surface area (Å²) in [5, 5.41) is 13.3. The number of halogens is 1. The molecule has 0 bridgehead atoms. The summed E-state index contributed by atoms with van der Waals surface area (Å²) in [4.78, 5) is 0. The van der Waals surface area contributed by atoms with Gasteiger partial charge in [-0.25, -0.2) is 0 Å². The number of hydrogen-bond donors (Lipinski definition) is 1. The molecule has 0 spiro atoms. The lowest BCUT2D eigenvalue weighted by Crippen LogP contribution is -2.16. The molecule has 0 heterocycles. The summed E-state index contributed by atoms with van der Waals surface area (Å²) in [5.41, 5.74) is 2.14. The number of rotatable bonds is 4. The number of oxime groups is 1. The van der Waals surface area contributed by atoms with Gasteiger partial charge in [0, 0.05) is 17.7 Å². The van der Waals surface area contributed by atoms with Crippen LogP contribution in [0, 0.1) is 0 Å². The topological polar surface area (TPSA) is 41.8 Å². The van der Waals surface area contributed by atoms with Gasteiger partial charge >= 0.3 is 0 Å². The lowest BCUT2D eigenvalue weighted by atomic mass is 9.99. The maximum atomic E-state index is 9.29. The van der Waals surface area contributed by atoms with Crippen molar-refractivity contribution in [3.63, 3.8) is 0 Å². The molecule has 2 aromatic rings. The molecule has 0 amide bonds. The Morgan fingerprint density at radius 3 is 2.26 bits per heavy atom. The van der Waals surface area contributed by atoms with Gasteiger partial charge < -0.3 is 9.94 Å². The van der Waals surface area contributed by atoms with E-state index in [2.05, 4.69) is 5.16 Å². The smallest absolute Gasteiger partial charge is 0.128 e. The Bertz CT molecular complexity index is 552. The largest absolute Gasteiger partial charge is 0.411 e. The van der Waals surface area contributed by atoms with Crippen LogP contribution in [0.15, 0.2) is 59.8 Å². The minimum absolute atomic E-state index is 0.424. The number of ether oxygens (including phenoxy) is 1. The molecular formula is C15H14ClNO2. The van der Waals surface area contributed by atoms with E-state index >= 15 is 0 Å². The van der Waals surface area contributed by atoms with Crippen molar-refractivity contribution in [3.05, 3.63) is 70.7 Å². The predicted molar refractivity (Wildman–Crippen MR) is 76.0 cm³/mol. The average Bonchev–Trinajstić information content (AvgIpc) is 2.47. The molecule has 0 radical (unpaired) electrons. The molecule has 98 valence electrons. The van der Waals surface area contributed by atoms with E-state index in [0.29, 0.717) is 10.7 Å². The molecule has 19 heavy (non-hydrogen) atoms. The van der Waals surface area contributed by atoms with Gasteiger partial charge in [0.05, 0.1) is 0 Å². The van der Waals surface area contributed by atoms with Crippen molar-refractivity contribution >= 4 is 17.3 Å². The van der Waals surface area contributed by atoms with Gasteiger partial charge in [-0.1, -0.05) is 59.2 Å². The van der Waals surface area contributed by atoms with E-state index in [1.54, 1.807) is 31.4 Å². The molecule has 2 aromatic carbocycles. The summed E-state index contributed by atoms with van der Waals surface area (Å²) in [6, 6.07) is 16.7. The molecule has 1 atom stereocenters. The molecule has 3 nitrogen and oxygen atoms in total. The molecule has 0 aromatic heterocycles. The van der Waals surface area contributed by atoms with Crippen LogP contribution in [0.2, 0.25) is 5.02 Å². The third kappa shape index (κ3) is 3.13. The molecule has 0 saturated carbocycles. The monoisotopic (exact) mass is 275 g/mol. The number of methoxy groups -OCH3 is 1. The zero-order valence-corrected chi connectivity index (χ0v) is 11.2. The second-order valence-corrected chi connectivity index (χ2v) is 4.45. The highest BCUT2D eigenvalue weighted by Gasteiger charge is 2.20.